The topological polar surface area (TPSA) is 38.3 Å². The lowest BCUT2D eigenvalue weighted by molar-refractivity contribution is -0.147. The lowest BCUT2D eigenvalue weighted by atomic mass is 10.1. The molecule has 1 rings (SSSR count). The van der Waals surface area contributed by atoms with Crippen molar-refractivity contribution < 1.29 is 9.53 Å². The minimum atomic E-state index is -0.293. The molecule has 0 saturated heterocycles. The first-order valence-corrected chi connectivity index (χ1v) is 5.87. The van der Waals surface area contributed by atoms with E-state index in [2.05, 4.69) is 5.32 Å². The van der Waals surface area contributed by atoms with Gasteiger partial charge < -0.3 is 4.74 Å². The zero-order valence-electron chi connectivity index (χ0n) is 11.0. The average molecular weight is 235 g/mol. The number of esters is 1. The van der Waals surface area contributed by atoms with Gasteiger partial charge in [0.25, 0.3) is 0 Å². The van der Waals surface area contributed by atoms with Gasteiger partial charge in [-0.25, -0.2) is 0 Å². The average Bonchev–Trinajstić information content (AvgIpc) is 2.25. The number of hydrogen-bond donors (Lipinski definition) is 1. The van der Waals surface area contributed by atoms with Crippen molar-refractivity contribution in [1.29, 1.82) is 0 Å². The maximum absolute atomic E-state index is 11.7. The van der Waals surface area contributed by atoms with Gasteiger partial charge in [-0.1, -0.05) is 30.3 Å². The molecule has 0 aliphatic heterocycles. The Morgan fingerprint density at radius 3 is 2.41 bits per heavy atom. The lowest BCUT2D eigenvalue weighted by Gasteiger charge is -2.24. The fourth-order valence-corrected chi connectivity index (χ4v) is 1.56. The highest BCUT2D eigenvalue weighted by molar-refractivity contribution is 5.75. The summed E-state index contributed by atoms with van der Waals surface area (Å²) >= 11 is 0. The molecular formula is C14H21NO2. The fraction of sp³-hybridized carbons (Fsp3) is 0.500. The standard InChI is InChI=1S/C14H21NO2/c1-11(15-14(2,3)4)13(16)17-10-12-8-6-5-7-9-12/h5-9,11,15H,10H2,1-4H3. The minimum Gasteiger partial charge on any atom is -0.460 e. The zero-order valence-corrected chi connectivity index (χ0v) is 11.0. The van der Waals surface area contributed by atoms with Crippen molar-refractivity contribution in [2.45, 2.75) is 45.9 Å². The molecule has 17 heavy (non-hydrogen) atoms. The Bertz CT molecular complexity index is 354. The molecule has 3 heteroatoms. The van der Waals surface area contributed by atoms with Crippen LogP contribution >= 0.6 is 0 Å². The van der Waals surface area contributed by atoms with Crippen LogP contribution in [0.1, 0.15) is 33.3 Å². The van der Waals surface area contributed by atoms with Crippen molar-refractivity contribution in [1.82, 2.24) is 5.32 Å². The molecule has 1 atom stereocenters. The molecule has 0 aliphatic carbocycles. The smallest absolute Gasteiger partial charge is 0.323 e. The lowest BCUT2D eigenvalue weighted by Crippen LogP contribution is -2.46. The summed E-state index contributed by atoms with van der Waals surface area (Å²) in [6.07, 6.45) is 0. The van der Waals surface area contributed by atoms with E-state index in [0.29, 0.717) is 6.61 Å². The van der Waals surface area contributed by atoms with Crippen molar-refractivity contribution >= 4 is 5.97 Å². The van der Waals surface area contributed by atoms with E-state index in [-0.39, 0.29) is 17.6 Å². The molecule has 0 aliphatic rings. The first kappa shape index (κ1) is 13.7. The Morgan fingerprint density at radius 1 is 1.29 bits per heavy atom. The van der Waals surface area contributed by atoms with Crippen LogP contribution in [-0.2, 0) is 16.1 Å². The quantitative estimate of drug-likeness (QED) is 0.815. The molecule has 0 saturated carbocycles. The summed E-state index contributed by atoms with van der Waals surface area (Å²) in [5.74, 6) is -0.219. The van der Waals surface area contributed by atoms with Gasteiger partial charge in [-0.15, -0.1) is 0 Å². The first-order chi connectivity index (χ1) is 7.88. The molecule has 0 amide bonds. The zero-order chi connectivity index (χ0) is 12.9. The Kier molecular flexibility index (Phi) is 4.70. The van der Waals surface area contributed by atoms with Gasteiger partial charge in [0.05, 0.1) is 0 Å². The van der Waals surface area contributed by atoms with Crippen LogP contribution in [0.25, 0.3) is 0 Å². The summed E-state index contributed by atoms with van der Waals surface area (Å²) < 4.78 is 5.23. The minimum absolute atomic E-state index is 0.0921. The molecule has 0 heterocycles. The predicted octanol–water partition coefficient (Wildman–Crippen LogP) is 2.51. The Balaban J connectivity index is 2.40. The fourth-order valence-electron chi connectivity index (χ4n) is 1.56. The van der Waals surface area contributed by atoms with Gasteiger partial charge in [-0.2, -0.15) is 0 Å². The van der Waals surface area contributed by atoms with Gasteiger partial charge in [-0.3, -0.25) is 10.1 Å². The van der Waals surface area contributed by atoms with Crippen molar-refractivity contribution in [3.8, 4) is 0 Å². The highest BCUT2D eigenvalue weighted by Crippen LogP contribution is 2.05. The molecule has 1 aromatic rings. The van der Waals surface area contributed by atoms with Crippen LogP contribution < -0.4 is 5.32 Å². The second kappa shape index (κ2) is 5.82. The number of benzene rings is 1. The van der Waals surface area contributed by atoms with Crippen LogP contribution in [0.3, 0.4) is 0 Å². The third kappa shape index (κ3) is 5.50. The largest absolute Gasteiger partial charge is 0.460 e. The van der Waals surface area contributed by atoms with Crippen LogP contribution in [0.2, 0.25) is 0 Å². The highest BCUT2D eigenvalue weighted by Gasteiger charge is 2.20. The van der Waals surface area contributed by atoms with E-state index in [0.717, 1.165) is 5.56 Å². The Morgan fingerprint density at radius 2 is 1.88 bits per heavy atom. The third-order valence-corrected chi connectivity index (χ3v) is 2.23. The van der Waals surface area contributed by atoms with Crippen molar-refractivity contribution in [3.63, 3.8) is 0 Å². The van der Waals surface area contributed by atoms with Crippen LogP contribution in [0.4, 0.5) is 0 Å². The van der Waals surface area contributed by atoms with Gasteiger partial charge in [-0.05, 0) is 33.3 Å². The molecule has 0 spiro atoms. The van der Waals surface area contributed by atoms with E-state index in [4.69, 9.17) is 4.74 Å². The summed E-state index contributed by atoms with van der Waals surface area (Å²) in [5, 5.41) is 3.18. The summed E-state index contributed by atoms with van der Waals surface area (Å²) in [6, 6.07) is 9.39. The van der Waals surface area contributed by atoms with Crippen LogP contribution in [0, 0.1) is 0 Å². The Labute approximate surface area is 103 Å². The number of carbonyl (C=O) groups is 1. The van der Waals surface area contributed by atoms with Gasteiger partial charge in [0.1, 0.15) is 12.6 Å². The molecule has 0 aromatic heterocycles. The summed E-state index contributed by atoms with van der Waals surface area (Å²) in [6.45, 7) is 8.21. The molecule has 1 unspecified atom stereocenters. The summed E-state index contributed by atoms with van der Waals surface area (Å²) in [5.41, 5.74) is 0.911. The molecule has 3 nitrogen and oxygen atoms in total. The summed E-state index contributed by atoms with van der Waals surface area (Å²) in [7, 11) is 0. The van der Waals surface area contributed by atoms with E-state index in [1.54, 1.807) is 0 Å². The molecule has 0 fully saturated rings. The van der Waals surface area contributed by atoms with Crippen LogP contribution in [0.15, 0.2) is 30.3 Å². The number of ether oxygens (including phenoxy) is 1. The van der Waals surface area contributed by atoms with Gasteiger partial charge in [0.2, 0.25) is 0 Å². The van der Waals surface area contributed by atoms with E-state index >= 15 is 0 Å². The van der Waals surface area contributed by atoms with Gasteiger partial charge in [0.15, 0.2) is 0 Å². The van der Waals surface area contributed by atoms with E-state index in [9.17, 15) is 4.79 Å². The molecule has 0 bridgehead atoms. The number of carbonyl (C=O) groups excluding carboxylic acids is 1. The maximum Gasteiger partial charge on any atom is 0.323 e. The number of nitrogens with one attached hydrogen (secondary N) is 1. The molecule has 1 N–H and O–H groups in total. The Hall–Kier alpha value is -1.35. The van der Waals surface area contributed by atoms with Crippen molar-refractivity contribution in [2.24, 2.45) is 0 Å². The molecule has 94 valence electrons. The molecule has 1 aromatic carbocycles. The SMILES string of the molecule is CC(NC(C)(C)C)C(=O)OCc1ccccc1. The van der Waals surface area contributed by atoms with Gasteiger partial charge in [0, 0.05) is 5.54 Å². The maximum atomic E-state index is 11.7. The third-order valence-electron chi connectivity index (χ3n) is 2.23. The first-order valence-electron chi connectivity index (χ1n) is 5.87. The van der Waals surface area contributed by atoms with Crippen LogP contribution in [-0.4, -0.2) is 17.6 Å². The number of hydrogen-bond acceptors (Lipinski definition) is 3. The second-order valence-corrected chi connectivity index (χ2v) is 5.21. The summed E-state index contributed by atoms with van der Waals surface area (Å²) in [4.78, 5) is 11.7. The number of rotatable bonds is 4. The van der Waals surface area contributed by atoms with Crippen LogP contribution in [0.5, 0.6) is 0 Å². The normalized spacial score (nSPS) is 13.2. The van der Waals surface area contributed by atoms with Crippen molar-refractivity contribution in [2.75, 3.05) is 0 Å². The van der Waals surface area contributed by atoms with E-state index < -0.39 is 0 Å². The molecule has 0 radical (unpaired) electrons. The monoisotopic (exact) mass is 235 g/mol. The predicted molar refractivity (Wildman–Crippen MR) is 68.6 cm³/mol. The van der Waals surface area contributed by atoms with Gasteiger partial charge >= 0.3 is 5.97 Å². The van der Waals surface area contributed by atoms with E-state index in [1.165, 1.54) is 0 Å². The highest BCUT2D eigenvalue weighted by atomic mass is 16.5. The van der Waals surface area contributed by atoms with Crippen molar-refractivity contribution in [3.05, 3.63) is 35.9 Å². The second-order valence-electron chi connectivity index (χ2n) is 5.21. The molecular weight excluding hydrogens is 214 g/mol. The van der Waals surface area contributed by atoms with E-state index in [1.807, 2.05) is 58.0 Å².